The van der Waals surface area contributed by atoms with E-state index >= 15 is 0 Å². The third-order valence-corrected chi connectivity index (χ3v) is 10.2. The van der Waals surface area contributed by atoms with E-state index < -0.39 is 16.0 Å². The summed E-state index contributed by atoms with van der Waals surface area (Å²) in [7, 11) is -3.60. The summed E-state index contributed by atoms with van der Waals surface area (Å²) in [6.07, 6.45) is 7.25. The lowest BCUT2D eigenvalue weighted by Gasteiger charge is -2.37. The van der Waals surface area contributed by atoms with Crippen molar-refractivity contribution in [3.63, 3.8) is 0 Å². The van der Waals surface area contributed by atoms with E-state index in [2.05, 4.69) is 10.2 Å². The molecule has 0 radical (unpaired) electrons. The first kappa shape index (κ1) is 28.4. The first-order valence-electron chi connectivity index (χ1n) is 14.4. The summed E-state index contributed by atoms with van der Waals surface area (Å²) in [5.74, 6) is 0.389. The molecule has 0 spiro atoms. The quantitative estimate of drug-likeness (QED) is 0.496. The summed E-state index contributed by atoms with van der Waals surface area (Å²) in [5.41, 5.74) is 0.493. The number of nitrogens with zero attached hydrogens (tertiary/aromatic N) is 4. The van der Waals surface area contributed by atoms with Crippen LogP contribution < -0.4 is 15.1 Å². The maximum Gasteiger partial charge on any atom is 0.303 e. The lowest BCUT2D eigenvalue weighted by atomic mass is 9.95. The van der Waals surface area contributed by atoms with Crippen molar-refractivity contribution in [3.8, 4) is 0 Å². The molecule has 3 heterocycles. The number of hydrogen-bond acceptors (Lipinski definition) is 7. The number of aromatic nitrogens is 1. The number of carboxylic acids is 1. The Labute approximate surface area is 236 Å². The van der Waals surface area contributed by atoms with Crippen molar-refractivity contribution in [2.75, 3.05) is 49.1 Å². The van der Waals surface area contributed by atoms with Gasteiger partial charge in [-0.1, -0.05) is 37.5 Å². The highest BCUT2D eigenvalue weighted by molar-refractivity contribution is 7.89. The number of sulfonamides is 1. The Morgan fingerprint density at radius 1 is 0.875 bits per heavy atom. The summed E-state index contributed by atoms with van der Waals surface area (Å²) in [5, 5.41) is 12.5. The molecule has 0 bridgehead atoms. The van der Waals surface area contributed by atoms with Crippen LogP contribution in [0.3, 0.4) is 0 Å². The van der Waals surface area contributed by atoms with E-state index in [0.29, 0.717) is 31.0 Å². The average molecular weight is 570 g/mol. The molecule has 1 aromatic heterocycles. The standard InChI is InChI=1S/C29H39N5O5S/c35-27(36)20-22-8-7-15-33(21-22)26-14-13-25(29(37)30-23-9-3-1-4-10-23)28(31-26)32-16-18-34(19-17-32)40(38,39)24-11-5-2-6-12-24/h2,5-6,11-14,22-23H,1,3-4,7-10,15-21H2,(H,30,37)(H,35,36)/t22-/m0/s1. The van der Waals surface area contributed by atoms with Gasteiger partial charge < -0.3 is 20.2 Å². The molecule has 3 aliphatic rings. The van der Waals surface area contributed by atoms with Crippen LogP contribution in [0.4, 0.5) is 11.6 Å². The second kappa shape index (κ2) is 12.6. The zero-order valence-electron chi connectivity index (χ0n) is 22.9. The van der Waals surface area contributed by atoms with Crippen LogP contribution in [0.25, 0.3) is 0 Å². The normalized spacial score (nSPS) is 21.2. The lowest BCUT2D eigenvalue weighted by molar-refractivity contribution is -0.138. The second-order valence-electron chi connectivity index (χ2n) is 11.1. The number of carbonyl (C=O) groups excluding carboxylic acids is 1. The highest BCUT2D eigenvalue weighted by atomic mass is 32.2. The summed E-state index contributed by atoms with van der Waals surface area (Å²) in [4.78, 5) is 34.2. The van der Waals surface area contributed by atoms with Gasteiger partial charge in [0.15, 0.2) is 0 Å². The molecule has 2 N–H and O–H groups in total. The monoisotopic (exact) mass is 569 g/mol. The Kier molecular flexibility index (Phi) is 8.90. The highest BCUT2D eigenvalue weighted by Gasteiger charge is 2.32. The van der Waals surface area contributed by atoms with Gasteiger partial charge in [-0.25, -0.2) is 13.4 Å². The summed E-state index contributed by atoms with van der Waals surface area (Å²) in [6, 6.07) is 12.3. The van der Waals surface area contributed by atoms with Crippen molar-refractivity contribution < 1.29 is 23.1 Å². The van der Waals surface area contributed by atoms with E-state index in [9.17, 15) is 23.1 Å². The SMILES string of the molecule is O=C(O)C[C@@H]1CCCN(c2ccc(C(=O)NC3CCCCC3)c(N3CCN(S(=O)(=O)c4ccccc4)CC3)n2)C1. The molecule has 10 nitrogen and oxygen atoms in total. The number of amides is 1. The molecule has 1 aliphatic carbocycles. The Bertz CT molecular complexity index is 1290. The number of carboxylic acid groups (broad SMARTS) is 1. The van der Waals surface area contributed by atoms with Crippen molar-refractivity contribution in [1.29, 1.82) is 0 Å². The minimum absolute atomic E-state index is 0.0533. The van der Waals surface area contributed by atoms with Crippen LogP contribution in [0.15, 0.2) is 47.4 Å². The van der Waals surface area contributed by atoms with Gasteiger partial charge in [-0.2, -0.15) is 4.31 Å². The van der Waals surface area contributed by atoms with Crippen LogP contribution >= 0.6 is 0 Å². The van der Waals surface area contributed by atoms with E-state index in [1.54, 1.807) is 30.3 Å². The van der Waals surface area contributed by atoms with Crippen LogP contribution in [0.1, 0.15) is 61.7 Å². The predicted octanol–water partition coefficient (Wildman–Crippen LogP) is 3.35. The van der Waals surface area contributed by atoms with Crippen molar-refractivity contribution >= 4 is 33.5 Å². The third-order valence-electron chi connectivity index (χ3n) is 8.27. The number of piperidine rings is 1. The zero-order chi connectivity index (χ0) is 28.1. The van der Waals surface area contributed by atoms with E-state index in [4.69, 9.17) is 4.98 Å². The van der Waals surface area contributed by atoms with Gasteiger partial charge in [-0.15, -0.1) is 0 Å². The van der Waals surface area contributed by atoms with Gasteiger partial charge in [0.05, 0.1) is 10.5 Å². The maximum absolute atomic E-state index is 13.5. The van der Waals surface area contributed by atoms with Crippen LogP contribution in [0.2, 0.25) is 0 Å². The first-order valence-corrected chi connectivity index (χ1v) is 15.8. The Morgan fingerprint density at radius 2 is 1.60 bits per heavy atom. The fourth-order valence-corrected chi connectivity index (χ4v) is 7.55. The van der Waals surface area contributed by atoms with Crippen LogP contribution in [0, 0.1) is 5.92 Å². The van der Waals surface area contributed by atoms with E-state index in [0.717, 1.165) is 50.9 Å². The smallest absolute Gasteiger partial charge is 0.303 e. The third kappa shape index (κ3) is 6.58. The number of nitrogens with one attached hydrogen (secondary N) is 1. The Balaban J connectivity index is 1.37. The van der Waals surface area contributed by atoms with Gasteiger partial charge in [0, 0.05) is 51.7 Å². The number of rotatable bonds is 8. The fraction of sp³-hybridized carbons (Fsp3) is 0.552. The van der Waals surface area contributed by atoms with Crippen molar-refractivity contribution in [2.45, 2.75) is 62.3 Å². The molecule has 2 saturated heterocycles. The highest BCUT2D eigenvalue weighted by Crippen LogP contribution is 2.29. The molecule has 0 unspecified atom stereocenters. The number of pyridine rings is 1. The van der Waals surface area contributed by atoms with Crippen LogP contribution in [-0.2, 0) is 14.8 Å². The Morgan fingerprint density at radius 3 is 2.30 bits per heavy atom. The molecule has 1 atom stereocenters. The van der Waals surface area contributed by atoms with Gasteiger partial charge >= 0.3 is 5.97 Å². The van der Waals surface area contributed by atoms with Gasteiger partial charge in [0.2, 0.25) is 10.0 Å². The topological polar surface area (TPSA) is 123 Å². The molecule has 40 heavy (non-hydrogen) atoms. The molecule has 3 fully saturated rings. The molecule has 1 aromatic carbocycles. The summed E-state index contributed by atoms with van der Waals surface area (Å²) >= 11 is 0. The van der Waals surface area contributed by atoms with Gasteiger partial charge in [-0.05, 0) is 55.9 Å². The van der Waals surface area contributed by atoms with E-state index in [1.807, 2.05) is 17.0 Å². The molecule has 1 saturated carbocycles. The molecule has 1 amide bonds. The largest absolute Gasteiger partial charge is 0.481 e. The fourth-order valence-electron chi connectivity index (χ4n) is 6.11. The molecular formula is C29H39N5O5S. The molecule has 11 heteroatoms. The zero-order valence-corrected chi connectivity index (χ0v) is 23.7. The minimum Gasteiger partial charge on any atom is -0.481 e. The maximum atomic E-state index is 13.5. The van der Waals surface area contributed by atoms with Crippen LogP contribution in [0.5, 0.6) is 0 Å². The van der Waals surface area contributed by atoms with Gasteiger partial charge in [0.1, 0.15) is 11.6 Å². The van der Waals surface area contributed by atoms with E-state index in [1.165, 1.54) is 10.7 Å². The minimum atomic E-state index is -3.60. The summed E-state index contributed by atoms with van der Waals surface area (Å²) < 4.78 is 27.8. The average Bonchev–Trinajstić information content (AvgIpc) is 2.98. The first-order chi connectivity index (χ1) is 19.3. The molecular weight excluding hydrogens is 530 g/mol. The number of piperazine rings is 1. The number of anilines is 2. The number of hydrogen-bond donors (Lipinski definition) is 2. The predicted molar refractivity (Wildman–Crippen MR) is 153 cm³/mol. The van der Waals surface area contributed by atoms with Gasteiger partial charge in [0.25, 0.3) is 5.91 Å². The molecule has 2 aliphatic heterocycles. The molecule has 216 valence electrons. The molecule has 5 rings (SSSR count). The Hall–Kier alpha value is -3.18. The van der Waals surface area contributed by atoms with Crippen molar-refractivity contribution in [2.24, 2.45) is 5.92 Å². The number of aliphatic carboxylic acids is 1. The number of benzene rings is 1. The summed E-state index contributed by atoms with van der Waals surface area (Å²) in [6.45, 7) is 2.78. The van der Waals surface area contributed by atoms with Gasteiger partial charge in [-0.3, -0.25) is 9.59 Å². The van der Waals surface area contributed by atoms with Crippen molar-refractivity contribution in [1.82, 2.24) is 14.6 Å². The number of carbonyl (C=O) groups is 2. The lowest BCUT2D eigenvalue weighted by Crippen LogP contribution is -2.49. The van der Waals surface area contributed by atoms with Crippen LogP contribution in [-0.4, -0.2) is 80.0 Å². The molecule has 2 aromatic rings. The second-order valence-corrected chi connectivity index (χ2v) is 13.0. The van der Waals surface area contributed by atoms with Crippen molar-refractivity contribution in [3.05, 3.63) is 48.0 Å². The van der Waals surface area contributed by atoms with E-state index in [-0.39, 0.29) is 42.3 Å².